The summed E-state index contributed by atoms with van der Waals surface area (Å²) in [5.41, 5.74) is 2.57. The molecular weight excluding hydrogens is 372 g/mol. The highest BCUT2D eigenvalue weighted by atomic mass is 16.1. The maximum atomic E-state index is 12.2. The van der Waals surface area contributed by atoms with Crippen molar-refractivity contribution in [1.82, 2.24) is 20.5 Å². The topological polar surface area (TPSA) is 57.3 Å². The number of piperidine rings is 2. The highest BCUT2D eigenvalue weighted by molar-refractivity contribution is 5.75. The van der Waals surface area contributed by atoms with Gasteiger partial charge in [0.05, 0.1) is 0 Å². The quantitative estimate of drug-likeness (QED) is 0.672. The van der Waals surface area contributed by atoms with E-state index in [4.69, 9.17) is 0 Å². The Morgan fingerprint density at radius 2 is 2.00 bits per heavy atom. The molecule has 2 fully saturated rings. The van der Waals surface area contributed by atoms with Gasteiger partial charge >= 0.3 is 0 Å². The van der Waals surface area contributed by atoms with Crippen molar-refractivity contribution in [2.24, 2.45) is 11.8 Å². The fraction of sp³-hybridized carbons (Fsp3) is 0.520. The van der Waals surface area contributed by atoms with E-state index in [0.717, 1.165) is 51.4 Å². The zero-order valence-electron chi connectivity index (χ0n) is 17.8. The second-order valence-electron chi connectivity index (χ2n) is 8.91. The first-order chi connectivity index (χ1) is 14.8. The highest BCUT2D eigenvalue weighted by Crippen LogP contribution is 2.31. The van der Waals surface area contributed by atoms with Gasteiger partial charge in [0.25, 0.3) is 0 Å². The van der Waals surface area contributed by atoms with E-state index >= 15 is 0 Å². The van der Waals surface area contributed by atoms with Gasteiger partial charge < -0.3 is 10.6 Å². The maximum absolute atomic E-state index is 12.2. The van der Waals surface area contributed by atoms with Crippen LogP contribution in [-0.2, 0) is 17.8 Å². The molecule has 2 bridgehead atoms. The normalized spacial score (nSPS) is 23.8. The molecule has 0 saturated carbocycles. The summed E-state index contributed by atoms with van der Waals surface area (Å²) >= 11 is 0. The van der Waals surface area contributed by atoms with E-state index in [2.05, 4.69) is 38.7 Å². The SMILES string of the molecule is O=C(CCC[C@H]1NC[C@@H]2C[C@H]1CN(Cc1cccnc1)C2)NCCc1ccccc1. The molecule has 2 saturated heterocycles. The molecule has 160 valence electrons. The monoisotopic (exact) mass is 406 g/mol. The van der Waals surface area contributed by atoms with Gasteiger partial charge in [-0.05, 0) is 61.3 Å². The van der Waals surface area contributed by atoms with Crippen LogP contribution in [0.3, 0.4) is 0 Å². The molecule has 1 amide bonds. The zero-order valence-corrected chi connectivity index (χ0v) is 17.8. The summed E-state index contributed by atoms with van der Waals surface area (Å²) in [5, 5.41) is 6.85. The third kappa shape index (κ3) is 6.13. The summed E-state index contributed by atoms with van der Waals surface area (Å²) in [6, 6.07) is 15.1. The van der Waals surface area contributed by atoms with E-state index in [1.165, 1.54) is 24.1 Å². The van der Waals surface area contributed by atoms with E-state index in [1.807, 2.05) is 36.7 Å². The summed E-state index contributed by atoms with van der Waals surface area (Å²) in [4.78, 5) is 19.1. The van der Waals surface area contributed by atoms with Gasteiger partial charge in [-0.15, -0.1) is 0 Å². The number of amides is 1. The second kappa shape index (κ2) is 10.7. The van der Waals surface area contributed by atoms with Gasteiger partial charge in [0, 0.05) is 51.0 Å². The van der Waals surface area contributed by atoms with E-state index in [1.54, 1.807) is 0 Å². The third-order valence-electron chi connectivity index (χ3n) is 6.51. The van der Waals surface area contributed by atoms with Crippen molar-refractivity contribution in [2.45, 2.75) is 44.7 Å². The van der Waals surface area contributed by atoms with Crippen LogP contribution < -0.4 is 10.6 Å². The predicted molar refractivity (Wildman–Crippen MR) is 120 cm³/mol. The molecule has 1 aromatic carbocycles. The molecule has 1 aromatic heterocycles. The Kier molecular flexibility index (Phi) is 7.49. The molecule has 0 spiro atoms. The van der Waals surface area contributed by atoms with Crippen molar-refractivity contribution in [2.75, 3.05) is 26.2 Å². The van der Waals surface area contributed by atoms with Crippen molar-refractivity contribution in [3.63, 3.8) is 0 Å². The highest BCUT2D eigenvalue weighted by Gasteiger charge is 2.36. The van der Waals surface area contributed by atoms with Crippen LogP contribution in [0.5, 0.6) is 0 Å². The Balaban J connectivity index is 1.16. The van der Waals surface area contributed by atoms with Crippen LogP contribution in [0.4, 0.5) is 0 Å². The molecule has 0 aliphatic carbocycles. The number of aromatic nitrogens is 1. The minimum Gasteiger partial charge on any atom is -0.356 e. The average Bonchev–Trinajstić information content (AvgIpc) is 2.77. The smallest absolute Gasteiger partial charge is 0.220 e. The molecule has 3 atom stereocenters. The second-order valence-corrected chi connectivity index (χ2v) is 8.91. The fourth-order valence-corrected chi connectivity index (χ4v) is 5.05. The molecule has 0 unspecified atom stereocenters. The van der Waals surface area contributed by atoms with E-state index in [9.17, 15) is 4.79 Å². The number of carbonyl (C=O) groups is 1. The summed E-state index contributed by atoms with van der Waals surface area (Å²) in [5.74, 6) is 1.62. The summed E-state index contributed by atoms with van der Waals surface area (Å²) in [6.07, 6.45) is 8.71. The standard InChI is InChI=1S/C25H34N4O/c30-25(27-13-11-20-6-2-1-3-7-20)10-4-9-24-23-14-22(16-28-24)18-29(19-23)17-21-8-5-12-26-15-21/h1-3,5-8,12,15,22-24,28H,4,9-11,13-14,16-19H2,(H,27,30)/t22-,23-,24+/m0/s1. The van der Waals surface area contributed by atoms with Crippen LogP contribution in [-0.4, -0.2) is 48.0 Å². The fourth-order valence-electron chi connectivity index (χ4n) is 5.05. The van der Waals surface area contributed by atoms with Gasteiger partial charge in [-0.1, -0.05) is 36.4 Å². The molecule has 2 aliphatic heterocycles. The first-order valence-corrected chi connectivity index (χ1v) is 11.4. The number of hydrogen-bond donors (Lipinski definition) is 2. The number of hydrogen-bond acceptors (Lipinski definition) is 4. The van der Waals surface area contributed by atoms with Gasteiger partial charge in [0.15, 0.2) is 0 Å². The lowest BCUT2D eigenvalue weighted by atomic mass is 9.79. The zero-order chi connectivity index (χ0) is 20.6. The van der Waals surface area contributed by atoms with Crippen molar-refractivity contribution in [3.05, 3.63) is 66.0 Å². The molecular formula is C25H34N4O. The third-order valence-corrected chi connectivity index (χ3v) is 6.51. The number of benzene rings is 1. The number of rotatable bonds is 9. The minimum atomic E-state index is 0.182. The molecule has 30 heavy (non-hydrogen) atoms. The van der Waals surface area contributed by atoms with Gasteiger partial charge in [-0.2, -0.15) is 0 Å². The molecule has 2 aliphatic rings. The molecule has 5 heteroatoms. The van der Waals surface area contributed by atoms with Crippen molar-refractivity contribution in [3.8, 4) is 0 Å². The van der Waals surface area contributed by atoms with E-state index < -0.39 is 0 Å². The Morgan fingerprint density at radius 3 is 2.83 bits per heavy atom. The largest absolute Gasteiger partial charge is 0.356 e. The predicted octanol–water partition coefficient (Wildman–Crippen LogP) is 3.02. The van der Waals surface area contributed by atoms with Crippen molar-refractivity contribution < 1.29 is 4.79 Å². The Morgan fingerprint density at radius 1 is 1.13 bits per heavy atom. The lowest BCUT2D eigenvalue weighted by Gasteiger charge is -2.46. The number of nitrogens with one attached hydrogen (secondary N) is 2. The summed E-state index contributed by atoms with van der Waals surface area (Å²) in [7, 11) is 0. The van der Waals surface area contributed by atoms with Crippen LogP contribution >= 0.6 is 0 Å². The molecule has 4 rings (SSSR count). The summed E-state index contributed by atoms with van der Waals surface area (Å²) in [6.45, 7) is 5.14. The molecule has 5 nitrogen and oxygen atoms in total. The van der Waals surface area contributed by atoms with Crippen LogP contribution in [0.1, 0.15) is 36.8 Å². The van der Waals surface area contributed by atoms with Crippen LogP contribution in [0.25, 0.3) is 0 Å². The van der Waals surface area contributed by atoms with Gasteiger partial charge in [-0.3, -0.25) is 14.7 Å². The van der Waals surface area contributed by atoms with E-state index in [0.29, 0.717) is 18.4 Å². The van der Waals surface area contributed by atoms with Crippen molar-refractivity contribution >= 4 is 5.91 Å². The first-order valence-electron chi connectivity index (χ1n) is 11.4. The van der Waals surface area contributed by atoms with Crippen molar-refractivity contribution in [1.29, 1.82) is 0 Å². The molecule has 0 radical (unpaired) electrons. The number of pyridine rings is 1. The number of likely N-dealkylation sites (tertiary alicyclic amines) is 1. The van der Waals surface area contributed by atoms with E-state index in [-0.39, 0.29) is 5.91 Å². The molecule has 3 heterocycles. The van der Waals surface area contributed by atoms with Crippen LogP contribution in [0, 0.1) is 11.8 Å². The lowest BCUT2D eigenvalue weighted by molar-refractivity contribution is -0.121. The Hall–Kier alpha value is -2.24. The molecule has 2 N–H and O–H groups in total. The number of carbonyl (C=O) groups excluding carboxylic acids is 1. The Bertz CT molecular complexity index is 782. The van der Waals surface area contributed by atoms with Crippen LogP contribution in [0.2, 0.25) is 0 Å². The summed E-state index contributed by atoms with van der Waals surface area (Å²) < 4.78 is 0. The molecule has 2 aromatic rings. The van der Waals surface area contributed by atoms with Gasteiger partial charge in [0.2, 0.25) is 5.91 Å². The van der Waals surface area contributed by atoms with Gasteiger partial charge in [0.1, 0.15) is 0 Å². The van der Waals surface area contributed by atoms with Crippen LogP contribution in [0.15, 0.2) is 54.9 Å². The average molecular weight is 407 g/mol. The Labute approximate surface area is 180 Å². The maximum Gasteiger partial charge on any atom is 0.220 e. The van der Waals surface area contributed by atoms with Gasteiger partial charge in [-0.25, -0.2) is 0 Å². The lowest BCUT2D eigenvalue weighted by Crippen LogP contribution is -2.55. The first kappa shape index (κ1) is 21.0. The minimum absolute atomic E-state index is 0.182. The number of fused-ring (bicyclic) bond motifs is 2. The number of nitrogens with zero attached hydrogens (tertiary/aromatic N) is 2.